The maximum Gasteiger partial charge on any atom is 0.270 e. The largest absolute Gasteiger partial charge is 0.345 e. The molecule has 2 heterocycles. The molecule has 0 aromatic carbocycles. The second kappa shape index (κ2) is 3.98. The van der Waals surface area contributed by atoms with Crippen molar-refractivity contribution in [3.8, 4) is 0 Å². The molecule has 5 heteroatoms. The molecule has 15 heavy (non-hydrogen) atoms. The number of hydrogen-bond donors (Lipinski definition) is 1. The third kappa shape index (κ3) is 2.08. The van der Waals surface area contributed by atoms with Crippen molar-refractivity contribution in [2.75, 3.05) is 13.1 Å². The molecule has 0 bridgehead atoms. The molecule has 82 valence electrons. The van der Waals surface area contributed by atoms with Crippen molar-refractivity contribution in [2.45, 2.75) is 12.5 Å². The molecule has 0 saturated carbocycles. The fraction of sp³-hybridized carbons (Fsp3) is 0.500. The Labute approximate surface area is 97.2 Å². The third-order valence-electron chi connectivity index (χ3n) is 2.70. The molecular weight excluding hydrogens is 258 g/mol. The molecule has 1 aromatic heterocycles. The van der Waals surface area contributed by atoms with Crippen molar-refractivity contribution in [1.82, 2.24) is 9.47 Å². The minimum Gasteiger partial charge on any atom is -0.345 e. The maximum absolute atomic E-state index is 12.1. The molecule has 2 rings (SSSR count). The van der Waals surface area contributed by atoms with E-state index in [4.69, 9.17) is 5.73 Å². The Hall–Kier alpha value is -0.810. The van der Waals surface area contributed by atoms with Gasteiger partial charge in [0.15, 0.2) is 0 Å². The zero-order chi connectivity index (χ0) is 11.0. The first kappa shape index (κ1) is 10.7. The van der Waals surface area contributed by atoms with Gasteiger partial charge in [-0.15, -0.1) is 0 Å². The molecule has 2 N–H and O–H groups in total. The smallest absolute Gasteiger partial charge is 0.270 e. The van der Waals surface area contributed by atoms with Crippen LogP contribution in [-0.4, -0.2) is 34.5 Å². The van der Waals surface area contributed by atoms with E-state index in [0.717, 1.165) is 17.4 Å². The van der Waals surface area contributed by atoms with Crippen LogP contribution in [0.3, 0.4) is 0 Å². The number of nitrogens with zero attached hydrogens (tertiary/aromatic N) is 2. The Kier molecular flexibility index (Phi) is 2.84. The summed E-state index contributed by atoms with van der Waals surface area (Å²) in [5.74, 6) is 0.0659. The number of carbonyl (C=O) groups is 1. The number of carbonyl (C=O) groups excluding carboxylic acids is 1. The first-order valence-corrected chi connectivity index (χ1v) is 5.74. The highest BCUT2D eigenvalue weighted by Gasteiger charge is 2.25. The van der Waals surface area contributed by atoms with Crippen molar-refractivity contribution in [1.29, 1.82) is 0 Å². The van der Waals surface area contributed by atoms with Crippen LogP contribution < -0.4 is 5.73 Å². The molecule has 0 radical (unpaired) electrons. The predicted octanol–water partition coefficient (Wildman–Crippen LogP) is 0.961. The number of nitrogens with two attached hydrogens (primary N) is 1. The van der Waals surface area contributed by atoms with Gasteiger partial charge in [-0.1, -0.05) is 0 Å². The number of hydrogen-bond acceptors (Lipinski definition) is 2. The SMILES string of the molecule is Cn1cc(Br)cc1C(=O)N1CC[C@H](N)C1. The van der Waals surface area contributed by atoms with Crippen LogP contribution in [0.4, 0.5) is 0 Å². The third-order valence-corrected chi connectivity index (χ3v) is 3.14. The normalized spacial score (nSPS) is 21.0. The molecule has 1 aliphatic heterocycles. The number of aryl methyl sites for hydroxylation is 1. The van der Waals surface area contributed by atoms with Gasteiger partial charge in [-0.2, -0.15) is 0 Å². The fourth-order valence-corrected chi connectivity index (χ4v) is 2.39. The number of rotatable bonds is 1. The van der Waals surface area contributed by atoms with Crippen LogP contribution in [0.25, 0.3) is 0 Å². The van der Waals surface area contributed by atoms with E-state index in [-0.39, 0.29) is 11.9 Å². The Bertz CT molecular complexity index is 388. The lowest BCUT2D eigenvalue weighted by Gasteiger charge is -2.15. The molecule has 1 saturated heterocycles. The van der Waals surface area contributed by atoms with Gasteiger partial charge < -0.3 is 15.2 Å². The Morgan fingerprint density at radius 2 is 2.40 bits per heavy atom. The molecule has 0 unspecified atom stereocenters. The molecule has 0 aliphatic carbocycles. The van der Waals surface area contributed by atoms with Crippen molar-refractivity contribution < 1.29 is 4.79 Å². The zero-order valence-corrected chi connectivity index (χ0v) is 10.2. The molecule has 1 atom stereocenters. The van der Waals surface area contributed by atoms with E-state index in [1.165, 1.54) is 0 Å². The van der Waals surface area contributed by atoms with E-state index in [1.54, 1.807) is 0 Å². The van der Waals surface area contributed by atoms with E-state index in [2.05, 4.69) is 15.9 Å². The van der Waals surface area contributed by atoms with Gasteiger partial charge in [-0.05, 0) is 28.4 Å². The monoisotopic (exact) mass is 271 g/mol. The van der Waals surface area contributed by atoms with E-state index in [1.807, 2.05) is 28.8 Å². The molecule has 4 nitrogen and oxygen atoms in total. The second-order valence-corrected chi connectivity index (χ2v) is 4.87. The maximum atomic E-state index is 12.1. The number of amides is 1. The molecule has 1 aromatic rings. The van der Waals surface area contributed by atoms with Crippen LogP contribution >= 0.6 is 15.9 Å². The van der Waals surface area contributed by atoms with Crippen molar-refractivity contribution in [3.63, 3.8) is 0 Å². The Morgan fingerprint density at radius 3 is 2.87 bits per heavy atom. The summed E-state index contributed by atoms with van der Waals surface area (Å²) in [6.07, 6.45) is 2.78. The lowest BCUT2D eigenvalue weighted by atomic mass is 10.3. The molecule has 1 fully saturated rings. The summed E-state index contributed by atoms with van der Waals surface area (Å²) in [7, 11) is 1.87. The summed E-state index contributed by atoms with van der Waals surface area (Å²) in [6, 6.07) is 1.98. The van der Waals surface area contributed by atoms with Crippen LogP contribution in [0, 0.1) is 0 Å². The topological polar surface area (TPSA) is 51.3 Å². The van der Waals surface area contributed by atoms with Crippen molar-refractivity contribution >= 4 is 21.8 Å². The highest BCUT2D eigenvalue weighted by Crippen LogP contribution is 2.17. The lowest BCUT2D eigenvalue weighted by Crippen LogP contribution is -2.32. The minimum absolute atomic E-state index is 0.0659. The molecular formula is C10H14BrN3O. The minimum atomic E-state index is 0.0659. The van der Waals surface area contributed by atoms with E-state index < -0.39 is 0 Å². The standard InChI is InChI=1S/C10H14BrN3O/c1-13-5-7(11)4-9(13)10(15)14-3-2-8(12)6-14/h4-5,8H,2-3,6,12H2,1H3/t8-/m0/s1. The Balaban J connectivity index is 2.17. The highest BCUT2D eigenvalue weighted by atomic mass is 79.9. The summed E-state index contributed by atoms with van der Waals surface area (Å²) in [5, 5.41) is 0. The average molecular weight is 272 g/mol. The summed E-state index contributed by atoms with van der Waals surface area (Å²) in [5.41, 5.74) is 6.48. The summed E-state index contributed by atoms with van der Waals surface area (Å²) in [6.45, 7) is 1.43. The second-order valence-electron chi connectivity index (χ2n) is 3.95. The molecule has 1 amide bonds. The van der Waals surface area contributed by atoms with Gasteiger partial charge in [0, 0.05) is 36.8 Å². The van der Waals surface area contributed by atoms with Gasteiger partial charge in [0.1, 0.15) is 5.69 Å². The van der Waals surface area contributed by atoms with E-state index >= 15 is 0 Å². The van der Waals surface area contributed by atoms with Gasteiger partial charge in [0.05, 0.1) is 0 Å². The number of aromatic nitrogens is 1. The zero-order valence-electron chi connectivity index (χ0n) is 8.61. The van der Waals surface area contributed by atoms with Crippen LogP contribution in [0.2, 0.25) is 0 Å². The number of halogens is 1. The summed E-state index contributed by atoms with van der Waals surface area (Å²) >= 11 is 3.36. The van der Waals surface area contributed by atoms with Gasteiger partial charge in [-0.25, -0.2) is 0 Å². The van der Waals surface area contributed by atoms with E-state index in [9.17, 15) is 4.79 Å². The van der Waals surface area contributed by atoms with E-state index in [0.29, 0.717) is 12.2 Å². The van der Waals surface area contributed by atoms with Gasteiger partial charge in [0.2, 0.25) is 0 Å². The van der Waals surface area contributed by atoms with Crippen LogP contribution in [-0.2, 0) is 7.05 Å². The summed E-state index contributed by atoms with van der Waals surface area (Å²) < 4.78 is 2.76. The number of likely N-dealkylation sites (tertiary alicyclic amines) is 1. The van der Waals surface area contributed by atoms with Crippen LogP contribution in [0.15, 0.2) is 16.7 Å². The fourth-order valence-electron chi connectivity index (χ4n) is 1.87. The first-order chi connectivity index (χ1) is 7.08. The summed E-state index contributed by atoms with van der Waals surface area (Å²) in [4.78, 5) is 13.9. The lowest BCUT2D eigenvalue weighted by molar-refractivity contribution is 0.0781. The van der Waals surface area contributed by atoms with Crippen molar-refractivity contribution in [3.05, 3.63) is 22.4 Å². The van der Waals surface area contributed by atoms with Crippen molar-refractivity contribution in [2.24, 2.45) is 12.8 Å². The first-order valence-electron chi connectivity index (χ1n) is 4.94. The quantitative estimate of drug-likeness (QED) is 0.828. The van der Waals surface area contributed by atoms with Gasteiger partial charge >= 0.3 is 0 Å². The van der Waals surface area contributed by atoms with Gasteiger partial charge in [0.25, 0.3) is 5.91 Å². The van der Waals surface area contributed by atoms with Crippen LogP contribution in [0.1, 0.15) is 16.9 Å². The molecule has 1 aliphatic rings. The molecule has 0 spiro atoms. The highest BCUT2D eigenvalue weighted by molar-refractivity contribution is 9.10. The average Bonchev–Trinajstić information content (AvgIpc) is 2.71. The Morgan fingerprint density at radius 1 is 1.67 bits per heavy atom. The van der Waals surface area contributed by atoms with Crippen LogP contribution in [0.5, 0.6) is 0 Å². The van der Waals surface area contributed by atoms with Gasteiger partial charge in [-0.3, -0.25) is 4.79 Å². The predicted molar refractivity (Wildman–Crippen MR) is 61.6 cm³/mol.